The number of pyridine rings is 1. The van der Waals surface area contributed by atoms with Gasteiger partial charge < -0.3 is 9.72 Å². The molecule has 0 aliphatic carbocycles. The first-order chi connectivity index (χ1) is 13.5. The van der Waals surface area contributed by atoms with Crippen molar-refractivity contribution < 1.29 is 17.9 Å². The quantitative estimate of drug-likeness (QED) is 0.570. The average molecular weight is 392 g/mol. The third-order valence-corrected chi connectivity index (χ3v) is 6.02. The van der Waals surface area contributed by atoms with Crippen molar-refractivity contribution in [2.24, 2.45) is 0 Å². The number of hydrogen-bond donors (Lipinski definition) is 1. The monoisotopic (exact) mass is 392 g/mol. The van der Waals surface area contributed by atoms with Gasteiger partial charge in [-0.25, -0.2) is 8.42 Å². The number of carbonyl (C=O) groups is 1. The maximum Gasteiger partial charge on any atom is 0.282 e. The van der Waals surface area contributed by atoms with E-state index in [2.05, 4.69) is 9.97 Å². The van der Waals surface area contributed by atoms with E-state index < -0.39 is 15.0 Å². The Balaban J connectivity index is 1.89. The van der Waals surface area contributed by atoms with Gasteiger partial charge in [0.05, 0.1) is 23.0 Å². The van der Waals surface area contributed by atoms with E-state index in [0.717, 1.165) is 11.0 Å². The summed E-state index contributed by atoms with van der Waals surface area (Å²) in [5.74, 6) is 0.393. The van der Waals surface area contributed by atoms with Crippen molar-refractivity contribution in [3.05, 3.63) is 78.5 Å². The highest BCUT2D eigenvalue weighted by molar-refractivity contribution is 8.06. The number of ether oxygens (including phenoxy) is 1. The van der Waals surface area contributed by atoms with Crippen LogP contribution in [0.3, 0.4) is 0 Å². The fourth-order valence-electron chi connectivity index (χ4n) is 3.01. The first-order valence-corrected chi connectivity index (χ1v) is 9.95. The van der Waals surface area contributed by atoms with Crippen LogP contribution in [0.15, 0.2) is 77.8 Å². The summed E-state index contributed by atoms with van der Waals surface area (Å²) in [7, 11) is -2.74. The van der Waals surface area contributed by atoms with Gasteiger partial charge in [-0.3, -0.25) is 9.78 Å². The molecular formula is C21H16N2O4S. The summed E-state index contributed by atoms with van der Waals surface area (Å²) < 4.78 is 31.0. The number of H-pyrrole nitrogens is 1. The van der Waals surface area contributed by atoms with Gasteiger partial charge >= 0.3 is 0 Å². The molecule has 0 unspecified atom stereocenters. The van der Waals surface area contributed by atoms with Gasteiger partial charge in [0, 0.05) is 23.0 Å². The molecule has 2 heterocycles. The molecule has 0 bridgehead atoms. The van der Waals surface area contributed by atoms with Gasteiger partial charge in [0.15, 0.2) is 0 Å². The van der Waals surface area contributed by atoms with E-state index >= 15 is 0 Å². The van der Waals surface area contributed by atoms with E-state index in [1.807, 2.05) is 6.07 Å². The van der Waals surface area contributed by atoms with Gasteiger partial charge in [0.25, 0.3) is 5.12 Å². The summed E-state index contributed by atoms with van der Waals surface area (Å²) in [5.41, 5.74) is 2.61. The second-order valence-electron chi connectivity index (χ2n) is 6.13. The lowest BCUT2D eigenvalue weighted by Gasteiger charge is -2.10. The second-order valence-corrected chi connectivity index (χ2v) is 7.98. The molecule has 0 aliphatic heterocycles. The lowest BCUT2D eigenvalue weighted by atomic mass is 10.1. The van der Waals surface area contributed by atoms with E-state index in [1.165, 1.54) is 25.3 Å². The van der Waals surface area contributed by atoms with Crippen molar-refractivity contribution in [3.8, 4) is 17.0 Å². The Bertz CT molecular complexity index is 1250. The molecule has 0 radical (unpaired) electrons. The Morgan fingerprint density at radius 2 is 1.79 bits per heavy atom. The molecule has 28 heavy (non-hydrogen) atoms. The zero-order valence-corrected chi connectivity index (χ0v) is 15.7. The van der Waals surface area contributed by atoms with Crippen LogP contribution in [0.4, 0.5) is 0 Å². The van der Waals surface area contributed by atoms with Crippen molar-refractivity contribution >= 4 is 26.0 Å². The van der Waals surface area contributed by atoms with Crippen LogP contribution in [0, 0.1) is 0 Å². The molecule has 1 N–H and O–H groups in total. The molecule has 4 rings (SSSR count). The highest BCUT2D eigenvalue weighted by Crippen LogP contribution is 2.31. The highest BCUT2D eigenvalue weighted by atomic mass is 32.2. The van der Waals surface area contributed by atoms with Crippen LogP contribution in [0.2, 0.25) is 0 Å². The van der Waals surface area contributed by atoms with Gasteiger partial charge in [-0.1, -0.05) is 18.2 Å². The molecule has 0 fully saturated rings. The number of hydrogen-bond acceptors (Lipinski definition) is 5. The minimum absolute atomic E-state index is 0.0368. The number of benzene rings is 2. The normalized spacial score (nSPS) is 11.5. The van der Waals surface area contributed by atoms with E-state index in [4.69, 9.17) is 4.74 Å². The molecule has 2 aromatic carbocycles. The molecule has 2 aromatic heterocycles. The lowest BCUT2D eigenvalue weighted by molar-refractivity contribution is 0.107. The Labute approximate surface area is 161 Å². The van der Waals surface area contributed by atoms with Gasteiger partial charge in [-0.15, -0.1) is 0 Å². The largest absolute Gasteiger partial charge is 0.497 e. The number of nitrogens with zero attached hydrogens (tertiary/aromatic N) is 1. The number of aromatic nitrogens is 2. The van der Waals surface area contributed by atoms with Crippen LogP contribution in [-0.4, -0.2) is 30.6 Å². The van der Waals surface area contributed by atoms with Crippen molar-refractivity contribution in [1.82, 2.24) is 9.97 Å². The number of fused-ring (bicyclic) bond motifs is 1. The predicted octanol–water partition coefficient (Wildman–Crippen LogP) is 3.85. The average Bonchev–Trinajstić information content (AvgIpc) is 3.17. The van der Waals surface area contributed by atoms with Gasteiger partial charge in [-0.2, -0.15) is 0 Å². The summed E-state index contributed by atoms with van der Waals surface area (Å²) in [6, 6.07) is 17.9. The Morgan fingerprint density at radius 1 is 1.00 bits per heavy atom. The topological polar surface area (TPSA) is 89.1 Å². The Morgan fingerprint density at radius 3 is 2.50 bits per heavy atom. The summed E-state index contributed by atoms with van der Waals surface area (Å²) in [5, 5.41) is -0.987. The highest BCUT2D eigenvalue weighted by Gasteiger charge is 2.29. The maximum absolute atomic E-state index is 13.1. The predicted molar refractivity (Wildman–Crippen MR) is 106 cm³/mol. The molecule has 4 aromatic rings. The fourth-order valence-corrected chi connectivity index (χ4v) is 4.19. The van der Waals surface area contributed by atoms with Crippen molar-refractivity contribution in [3.63, 3.8) is 0 Å². The molecule has 0 amide bonds. The molecule has 0 saturated carbocycles. The molecule has 7 heteroatoms. The van der Waals surface area contributed by atoms with Gasteiger partial charge in [0.1, 0.15) is 5.75 Å². The van der Waals surface area contributed by atoms with Crippen LogP contribution in [0.1, 0.15) is 10.4 Å². The maximum atomic E-state index is 13.1. The number of carbonyl (C=O) groups excluding carboxylic acids is 1. The molecule has 0 spiro atoms. The summed E-state index contributed by atoms with van der Waals surface area (Å²) in [6.45, 7) is 0. The SMILES string of the molecule is COc1ccc(-c2cc3ncccc3[nH]2)c(C(=O)S(=O)(=O)c2ccccc2)c1. The smallest absolute Gasteiger partial charge is 0.282 e. The third kappa shape index (κ3) is 3.05. The van der Waals surface area contributed by atoms with Crippen molar-refractivity contribution in [2.75, 3.05) is 7.11 Å². The van der Waals surface area contributed by atoms with Gasteiger partial charge in [-0.05, 0) is 48.5 Å². The van der Waals surface area contributed by atoms with Gasteiger partial charge in [0.2, 0.25) is 9.84 Å². The zero-order valence-electron chi connectivity index (χ0n) is 14.9. The number of aromatic amines is 1. The Hall–Kier alpha value is -3.45. The zero-order chi connectivity index (χ0) is 19.7. The molecule has 0 aliphatic rings. The number of rotatable bonds is 4. The molecule has 6 nitrogen and oxygen atoms in total. The van der Waals surface area contributed by atoms with E-state index in [1.54, 1.807) is 48.7 Å². The van der Waals surface area contributed by atoms with Crippen LogP contribution in [-0.2, 0) is 9.84 Å². The fraction of sp³-hybridized carbons (Fsp3) is 0.0476. The molecular weight excluding hydrogens is 376 g/mol. The van der Waals surface area contributed by atoms with Crippen molar-refractivity contribution in [1.29, 1.82) is 0 Å². The van der Waals surface area contributed by atoms with E-state index in [-0.39, 0.29) is 10.5 Å². The van der Waals surface area contributed by atoms with E-state index in [9.17, 15) is 13.2 Å². The van der Waals surface area contributed by atoms with E-state index in [0.29, 0.717) is 17.0 Å². The Kier molecular flexibility index (Phi) is 4.44. The van der Waals surface area contributed by atoms with Crippen LogP contribution in [0.25, 0.3) is 22.3 Å². The minimum Gasteiger partial charge on any atom is -0.497 e. The molecule has 140 valence electrons. The van der Waals surface area contributed by atoms with Crippen molar-refractivity contribution in [2.45, 2.75) is 4.90 Å². The number of methoxy groups -OCH3 is 1. The summed E-state index contributed by atoms with van der Waals surface area (Å²) in [6.07, 6.45) is 1.67. The number of sulfone groups is 1. The van der Waals surface area contributed by atoms with Crippen LogP contribution in [0.5, 0.6) is 5.75 Å². The standard InChI is InChI=1S/C21H16N2O4S/c1-27-14-9-10-16(19-13-20-18(23-19)8-5-11-22-20)17(12-14)21(24)28(25,26)15-6-3-2-4-7-15/h2-13,23H,1H3. The van der Waals surface area contributed by atoms with Crippen LogP contribution < -0.4 is 4.74 Å². The number of nitrogens with one attached hydrogen (secondary N) is 1. The molecule has 0 saturated heterocycles. The minimum atomic E-state index is -4.20. The van der Waals surface area contributed by atoms with Crippen LogP contribution >= 0.6 is 0 Å². The first-order valence-electron chi connectivity index (χ1n) is 8.47. The lowest BCUT2D eigenvalue weighted by Crippen LogP contribution is -2.16. The summed E-state index contributed by atoms with van der Waals surface area (Å²) in [4.78, 5) is 20.5. The summed E-state index contributed by atoms with van der Waals surface area (Å²) >= 11 is 0. The third-order valence-electron chi connectivity index (χ3n) is 4.42. The molecule has 0 atom stereocenters. The first kappa shape index (κ1) is 17.9. The second kappa shape index (κ2) is 6.94.